The monoisotopic (exact) mass is 339 g/mol. The molecule has 9 heteroatoms. The number of alkyl halides is 3. The van der Waals surface area contributed by atoms with E-state index in [1.165, 1.54) is 38.1 Å². The summed E-state index contributed by atoms with van der Waals surface area (Å²) in [5.41, 5.74) is -5.30. The van der Waals surface area contributed by atoms with Gasteiger partial charge >= 0.3 is 21.5 Å². The number of carbonyl (C=O) groups is 1. The molecule has 1 N–H and O–H groups in total. The van der Waals surface area contributed by atoms with E-state index in [1.54, 1.807) is 6.07 Å². The van der Waals surface area contributed by atoms with Gasteiger partial charge in [0.15, 0.2) is 0 Å². The molecule has 0 fully saturated rings. The van der Waals surface area contributed by atoms with Gasteiger partial charge in [-0.05, 0) is 11.5 Å². The Labute approximate surface area is 126 Å². The summed E-state index contributed by atoms with van der Waals surface area (Å²) in [5, 5.41) is 9.15. The third-order valence-corrected chi connectivity index (χ3v) is 4.54. The van der Waals surface area contributed by atoms with E-state index in [0.717, 1.165) is 0 Å². The summed E-state index contributed by atoms with van der Waals surface area (Å²) in [5.74, 6) is -2.46. The number of benzene rings is 1. The van der Waals surface area contributed by atoms with Crippen LogP contribution in [0.5, 0.6) is 0 Å². The number of halogens is 3. The fraction of sp³-hybridized carbons (Fsp3) is 0.462. The summed E-state index contributed by atoms with van der Waals surface area (Å²) in [6, 6.07) is 5.71. The highest BCUT2D eigenvalue weighted by Crippen LogP contribution is 2.31. The lowest BCUT2D eigenvalue weighted by Gasteiger charge is -2.31. The molecule has 0 bridgehead atoms. The summed E-state index contributed by atoms with van der Waals surface area (Å²) < 4.78 is 62.0. The minimum Gasteiger partial charge on any atom is -0.480 e. The van der Waals surface area contributed by atoms with Crippen molar-refractivity contribution in [2.75, 3.05) is 0 Å². The van der Waals surface area contributed by atoms with Crippen molar-refractivity contribution in [1.82, 2.24) is 4.31 Å². The molecule has 0 saturated carbocycles. The quantitative estimate of drug-likeness (QED) is 0.864. The summed E-state index contributed by atoms with van der Waals surface area (Å²) in [6.45, 7) is 2.03. The second kappa shape index (κ2) is 6.66. The lowest BCUT2D eigenvalue weighted by molar-refractivity contribution is -0.143. The highest BCUT2D eigenvalue weighted by Gasteiger charge is 2.53. The van der Waals surface area contributed by atoms with Gasteiger partial charge in [0, 0.05) is 6.54 Å². The molecule has 0 heterocycles. The minimum absolute atomic E-state index is 0.00463. The highest BCUT2D eigenvalue weighted by atomic mass is 32.2. The van der Waals surface area contributed by atoms with E-state index in [1.807, 2.05) is 0 Å². The van der Waals surface area contributed by atoms with E-state index >= 15 is 0 Å². The number of hydrogen-bond acceptors (Lipinski definition) is 3. The summed E-state index contributed by atoms with van der Waals surface area (Å²) in [6.07, 6.45) is 0. The lowest BCUT2D eigenvalue weighted by atomic mass is 10.0. The van der Waals surface area contributed by atoms with Crippen LogP contribution in [0, 0.1) is 5.92 Å². The van der Waals surface area contributed by atoms with Gasteiger partial charge in [-0.15, -0.1) is 0 Å². The van der Waals surface area contributed by atoms with E-state index < -0.39 is 40.0 Å². The molecule has 0 aliphatic carbocycles. The molecule has 1 aromatic rings. The molecule has 5 nitrogen and oxygen atoms in total. The van der Waals surface area contributed by atoms with Gasteiger partial charge in [-0.2, -0.15) is 17.5 Å². The zero-order valence-corrected chi connectivity index (χ0v) is 12.7. The molecule has 0 aliphatic rings. The van der Waals surface area contributed by atoms with Gasteiger partial charge in [-0.3, -0.25) is 4.79 Å². The predicted octanol–water partition coefficient (Wildman–Crippen LogP) is 2.45. The fourth-order valence-electron chi connectivity index (χ4n) is 1.97. The van der Waals surface area contributed by atoms with Crippen LogP contribution in [0.2, 0.25) is 0 Å². The summed E-state index contributed by atoms with van der Waals surface area (Å²) >= 11 is 0. The van der Waals surface area contributed by atoms with Gasteiger partial charge in [0.2, 0.25) is 0 Å². The maximum Gasteiger partial charge on any atom is 0.511 e. The minimum atomic E-state index is -5.77. The van der Waals surface area contributed by atoms with Crippen molar-refractivity contribution in [2.45, 2.75) is 31.9 Å². The van der Waals surface area contributed by atoms with Crippen molar-refractivity contribution in [1.29, 1.82) is 0 Å². The molecule has 0 saturated heterocycles. The molecule has 1 rings (SSSR count). The molecule has 22 heavy (non-hydrogen) atoms. The van der Waals surface area contributed by atoms with Crippen LogP contribution in [0.15, 0.2) is 30.3 Å². The number of carboxylic acids is 1. The van der Waals surface area contributed by atoms with E-state index in [9.17, 15) is 26.4 Å². The van der Waals surface area contributed by atoms with Crippen LogP contribution >= 0.6 is 0 Å². The number of rotatable bonds is 6. The van der Waals surface area contributed by atoms with Crippen LogP contribution in [0.25, 0.3) is 0 Å². The van der Waals surface area contributed by atoms with Gasteiger partial charge in [-0.1, -0.05) is 44.2 Å². The Kier molecular flexibility index (Phi) is 5.58. The fourth-order valence-corrected chi connectivity index (χ4v) is 3.19. The first-order valence-corrected chi connectivity index (χ1v) is 7.77. The Hall–Kier alpha value is -1.61. The van der Waals surface area contributed by atoms with Crippen LogP contribution in [0.1, 0.15) is 19.4 Å². The molecule has 0 aliphatic heterocycles. The maximum atomic E-state index is 12.9. The van der Waals surface area contributed by atoms with Crippen LogP contribution in [0.3, 0.4) is 0 Å². The van der Waals surface area contributed by atoms with Crippen LogP contribution < -0.4 is 0 Å². The van der Waals surface area contributed by atoms with E-state index in [-0.39, 0.29) is 9.87 Å². The van der Waals surface area contributed by atoms with Crippen LogP contribution in [0.4, 0.5) is 13.2 Å². The van der Waals surface area contributed by atoms with Crippen LogP contribution in [-0.2, 0) is 21.4 Å². The Morgan fingerprint density at radius 2 is 1.73 bits per heavy atom. The molecule has 0 spiro atoms. The topological polar surface area (TPSA) is 74.7 Å². The number of hydrogen-bond donors (Lipinski definition) is 1. The van der Waals surface area contributed by atoms with Gasteiger partial charge < -0.3 is 5.11 Å². The average molecular weight is 339 g/mol. The van der Waals surface area contributed by atoms with E-state index in [0.29, 0.717) is 0 Å². The molecule has 0 unspecified atom stereocenters. The smallest absolute Gasteiger partial charge is 0.480 e. The third-order valence-electron chi connectivity index (χ3n) is 2.98. The van der Waals surface area contributed by atoms with Crippen LogP contribution in [-0.4, -0.2) is 35.3 Å². The molecule has 0 aromatic heterocycles. The van der Waals surface area contributed by atoms with Crippen molar-refractivity contribution in [3.63, 3.8) is 0 Å². The largest absolute Gasteiger partial charge is 0.511 e. The van der Waals surface area contributed by atoms with Crippen molar-refractivity contribution in [3.05, 3.63) is 35.9 Å². The Morgan fingerprint density at radius 1 is 1.23 bits per heavy atom. The number of sulfonamides is 1. The molecular formula is C13H16F3NO4S. The molecule has 1 atom stereocenters. The number of carboxylic acid groups (broad SMARTS) is 1. The predicted molar refractivity (Wildman–Crippen MR) is 73.2 cm³/mol. The zero-order valence-electron chi connectivity index (χ0n) is 11.9. The highest BCUT2D eigenvalue weighted by molar-refractivity contribution is 7.90. The molecule has 0 amide bonds. The number of aliphatic carboxylic acids is 1. The lowest BCUT2D eigenvalue weighted by Crippen LogP contribution is -2.51. The zero-order chi connectivity index (χ0) is 17.1. The Morgan fingerprint density at radius 3 is 2.09 bits per heavy atom. The average Bonchev–Trinajstić information content (AvgIpc) is 2.36. The van der Waals surface area contributed by atoms with E-state index in [2.05, 4.69) is 0 Å². The normalized spacial score (nSPS) is 14.3. The first-order valence-electron chi connectivity index (χ1n) is 6.33. The van der Waals surface area contributed by atoms with Gasteiger partial charge in [0.05, 0.1) is 0 Å². The Balaban J connectivity index is 3.36. The second-order valence-corrected chi connectivity index (χ2v) is 6.89. The van der Waals surface area contributed by atoms with Crippen molar-refractivity contribution in [2.24, 2.45) is 5.92 Å². The van der Waals surface area contributed by atoms with Crippen molar-refractivity contribution >= 4 is 16.0 Å². The first kappa shape index (κ1) is 18.4. The van der Waals surface area contributed by atoms with Crippen molar-refractivity contribution in [3.8, 4) is 0 Å². The third kappa shape index (κ3) is 3.98. The first-order chi connectivity index (χ1) is 9.98. The van der Waals surface area contributed by atoms with Gasteiger partial charge in [0.25, 0.3) is 0 Å². The standard InChI is InChI=1S/C13H16F3NO4S/c1-9(2)11(12(18)19)17(22(20,21)13(14,15)16)8-10-6-4-3-5-7-10/h3-7,9,11H,8H2,1-2H3,(H,18,19)/t11-/m0/s1. The Bertz CT molecular complexity index is 614. The summed E-state index contributed by atoms with van der Waals surface area (Å²) in [7, 11) is -5.77. The SMILES string of the molecule is CC(C)[C@@H](C(=O)O)N(Cc1ccccc1)S(=O)(=O)C(F)(F)F. The molecule has 0 radical (unpaired) electrons. The summed E-state index contributed by atoms with van der Waals surface area (Å²) in [4.78, 5) is 11.3. The number of nitrogens with zero attached hydrogens (tertiary/aromatic N) is 1. The molecular weight excluding hydrogens is 323 g/mol. The second-order valence-electron chi connectivity index (χ2n) is 5.01. The van der Waals surface area contributed by atoms with Gasteiger partial charge in [-0.25, -0.2) is 8.42 Å². The van der Waals surface area contributed by atoms with Gasteiger partial charge in [0.1, 0.15) is 6.04 Å². The maximum absolute atomic E-state index is 12.9. The molecule has 1 aromatic carbocycles. The molecule has 124 valence electrons. The van der Waals surface area contributed by atoms with Crippen molar-refractivity contribution < 1.29 is 31.5 Å². The van der Waals surface area contributed by atoms with E-state index in [4.69, 9.17) is 5.11 Å².